The summed E-state index contributed by atoms with van der Waals surface area (Å²) in [5.74, 6) is 0. The lowest BCUT2D eigenvalue weighted by atomic mass is 10.5. The Morgan fingerprint density at radius 1 is 1.90 bits per heavy atom. The molecule has 1 heterocycles. The highest BCUT2D eigenvalue weighted by Crippen LogP contribution is 2.16. The molecule has 0 amide bonds. The van der Waals surface area contributed by atoms with Gasteiger partial charge in [-0.25, -0.2) is 0 Å². The third-order valence-corrected chi connectivity index (χ3v) is 1.60. The zero-order chi connectivity index (χ0) is 7.40. The molecule has 1 N–H and O–H groups in total. The molecular formula is C3H4N2O3PS+. The van der Waals surface area contributed by atoms with Crippen LogP contribution in [0.4, 0.5) is 0 Å². The van der Waals surface area contributed by atoms with Gasteiger partial charge < -0.3 is 0 Å². The largest absolute Gasteiger partial charge is 0.695 e. The van der Waals surface area contributed by atoms with Crippen molar-refractivity contribution in [1.82, 2.24) is 8.75 Å². The van der Waals surface area contributed by atoms with E-state index in [1.165, 1.54) is 6.20 Å². The Balaban J connectivity index is 2.35. The molecule has 54 valence electrons. The maximum Gasteiger partial charge on any atom is 0.695 e. The summed E-state index contributed by atoms with van der Waals surface area (Å²) < 4.78 is 21.8. The highest BCUT2D eigenvalue weighted by molar-refractivity contribution is 7.32. The van der Waals surface area contributed by atoms with Crippen LogP contribution in [0.25, 0.3) is 0 Å². The SMILES string of the molecule is O=[P+](O)OCc1cnsn1. The van der Waals surface area contributed by atoms with Crippen molar-refractivity contribution in [3.8, 4) is 0 Å². The van der Waals surface area contributed by atoms with E-state index in [0.29, 0.717) is 5.69 Å². The monoisotopic (exact) mass is 179 g/mol. The highest BCUT2D eigenvalue weighted by Gasteiger charge is 2.12. The molecule has 5 nitrogen and oxygen atoms in total. The minimum atomic E-state index is -2.52. The second-order valence-electron chi connectivity index (χ2n) is 1.41. The molecule has 0 fully saturated rings. The Morgan fingerprint density at radius 2 is 2.70 bits per heavy atom. The van der Waals surface area contributed by atoms with Crippen molar-refractivity contribution < 1.29 is 14.0 Å². The Morgan fingerprint density at radius 3 is 3.20 bits per heavy atom. The van der Waals surface area contributed by atoms with Crippen molar-refractivity contribution >= 4 is 20.0 Å². The van der Waals surface area contributed by atoms with Crippen LogP contribution < -0.4 is 0 Å². The fraction of sp³-hybridized carbons (Fsp3) is 0.333. The molecule has 10 heavy (non-hydrogen) atoms. The summed E-state index contributed by atoms with van der Waals surface area (Å²) in [5, 5.41) is 0. The third kappa shape index (κ3) is 2.45. The first-order chi connectivity index (χ1) is 4.79. The summed E-state index contributed by atoms with van der Waals surface area (Å²) in [4.78, 5) is 8.19. The molecule has 0 aromatic carbocycles. The van der Waals surface area contributed by atoms with Crippen molar-refractivity contribution in [2.75, 3.05) is 0 Å². The van der Waals surface area contributed by atoms with E-state index in [2.05, 4.69) is 13.3 Å². The van der Waals surface area contributed by atoms with Crippen LogP contribution in [-0.4, -0.2) is 13.6 Å². The average Bonchev–Trinajstić information content (AvgIpc) is 2.34. The standard InChI is InChI=1S/C3H3N2O3PS/c6-9(7)8-2-3-1-4-10-5-3/h1H,2H2/p+1. The average molecular weight is 179 g/mol. The van der Waals surface area contributed by atoms with Crippen LogP contribution in [0.3, 0.4) is 0 Å². The molecule has 0 radical (unpaired) electrons. The summed E-state index contributed by atoms with van der Waals surface area (Å²) in [6.45, 7) is 0.0439. The molecule has 1 rings (SSSR count). The molecule has 0 aliphatic rings. The van der Waals surface area contributed by atoms with Gasteiger partial charge in [-0.2, -0.15) is 8.75 Å². The van der Waals surface area contributed by atoms with Crippen LogP contribution in [0, 0.1) is 0 Å². The van der Waals surface area contributed by atoms with Crippen molar-refractivity contribution in [2.45, 2.75) is 6.61 Å². The smallest absolute Gasteiger partial charge is 0.181 e. The van der Waals surface area contributed by atoms with Crippen LogP contribution >= 0.6 is 20.0 Å². The van der Waals surface area contributed by atoms with Crippen LogP contribution in [0.15, 0.2) is 6.20 Å². The predicted molar refractivity (Wildman–Crippen MR) is 34.5 cm³/mol. The summed E-state index contributed by atoms with van der Waals surface area (Å²) in [6.07, 6.45) is 1.49. The fourth-order valence-corrected chi connectivity index (χ4v) is 1.03. The molecule has 0 saturated heterocycles. The lowest BCUT2D eigenvalue weighted by Gasteiger charge is -1.79. The fourth-order valence-electron chi connectivity index (χ4n) is 0.369. The Bertz CT molecular complexity index is 214. The Hall–Kier alpha value is -0.420. The molecule has 0 aliphatic carbocycles. The number of rotatable bonds is 3. The van der Waals surface area contributed by atoms with Gasteiger partial charge in [0.05, 0.1) is 17.9 Å². The third-order valence-electron chi connectivity index (χ3n) is 0.730. The van der Waals surface area contributed by atoms with E-state index in [1.54, 1.807) is 0 Å². The molecule has 1 unspecified atom stereocenters. The molecular weight excluding hydrogens is 175 g/mol. The van der Waals surface area contributed by atoms with Gasteiger partial charge in [-0.3, -0.25) is 0 Å². The molecule has 0 saturated carbocycles. The van der Waals surface area contributed by atoms with Gasteiger partial charge in [0.15, 0.2) is 6.61 Å². The number of nitrogens with zero attached hydrogens (tertiary/aromatic N) is 2. The van der Waals surface area contributed by atoms with E-state index in [-0.39, 0.29) is 6.61 Å². The number of aromatic nitrogens is 2. The summed E-state index contributed by atoms with van der Waals surface area (Å²) in [6, 6.07) is 0. The van der Waals surface area contributed by atoms with E-state index in [0.717, 1.165) is 11.7 Å². The molecule has 7 heteroatoms. The van der Waals surface area contributed by atoms with Gasteiger partial charge >= 0.3 is 8.25 Å². The maximum absolute atomic E-state index is 9.98. The first-order valence-corrected chi connectivity index (χ1v) is 4.20. The topological polar surface area (TPSA) is 72.3 Å². The summed E-state index contributed by atoms with van der Waals surface area (Å²) >= 11 is 1.03. The van der Waals surface area contributed by atoms with Gasteiger partial charge in [-0.15, -0.1) is 9.42 Å². The van der Waals surface area contributed by atoms with E-state index in [1.807, 2.05) is 0 Å². The number of hydrogen-bond donors (Lipinski definition) is 1. The lowest BCUT2D eigenvalue weighted by molar-refractivity contribution is 0.269. The quantitative estimate of drug-likeness (QED) is 0.691. The second kappa shape index (κ2) is 3.68. The van der Waals surface area contributed by atoms with Gasteiger partial charge in [0, 0.05) is 4.57 Å². The van der Waals surface area contributed by atoms with Crippen molar-refractivity contribution in [3.63, 3.8) is 0 Å². The molecule has 0 bridgehead atoms. The molecule has 0 spiro atoms. The highest BCUT2D eigenvalue weighted by atomic mass is 32.1. The van der Waals surface area contributed by atoms with Crippen molar-refractivity contribution in [3.05, 3.63) is 11.9 Å². The molecule has 1 aromatic rings. The lowest BCUT2D eigenvalue weighted by Crippen LogP contribution is -1.83. The predicted octanol–water partition coefficient (Wildman–Crippen LogP) is 0.704. The van der Waals surface area contributed by atoms with Gasteiger partial charge in [0.2, 0.25) is 0 Å². The van der Waals surface area contributed by atoms with Crippen LogP contribution in [0.1, 0.15) is 5.69 Å². The van der Waals surface area contributed by atoms with E-state index < -0.39 is 8.25 Å². The molecule has 0 aliphatic heterocycles. The zero-order valence-corrected chi connectivity index (χ0v) is 6.51. The van der Waals surface area contributed by atoms with Crippen molar-refractivity contribution in [1.29, 1.82) is 0 Å². The van der Waals surface area contributed by atoms with E-state index in [4.69, 9.17) is 4.89 Å². The van der Waals surface area contributed by atoms with Gasteiger partial charge in [0.1, 0.15) is 5.69 Å². The van der Waals surface area contributed by atoms with E-state index in [9.17, 15) is 4.57 Å². The van der Waals surface area contributed by atoms with Crippen molar-refractivity contribution in [2.24, 2.45) is 0 Å². The first-order valence-electron chi connectivity index (χ1n) is 2.34. The first kappa shape index (κ1) is 7.68. The normalized spacial score (nSPS) is 11.5. The minimum absolute atomic E-state index is 0.0439. The van der Waals surface area contributed by atoms with Gasteiger partial charge in [0.25, 0.3) is 0 Å². The molecule has 1 aromatic heterocycles. The van der Waals surface area contributed by atoms with Crippen LogP contribution in [-0.2, 0) is 15.7 Å². The molecule has 1 atom stereocenters. The van der Waals surface area contributed by atoms with Crippen LogP contribution in [0.5, 0.6) is 0 Å². The number of hydrogen-bond acceptors (Lipinski definition) is 5. The van der Waals surface area contributed by atoms with Gasteiger partial charge in [-0.1, -0.05) is 0 Å². The zero-order valence-electron chi connectivity index (χ0n) is 4.80. The Labute approximate surface area is 61.9 Å². The summed E-state index contributed by atoms with van der Waals surface area (Å²) in [5.41, 5.74) is 0.572. The minimum Gasteiger partial charge on any atom is -0.181 e. The summed E-state index contributed by atoms with van der Waals surface area (Å²) in [7, 11) is -2.52. The van der Waals surface area contributed by atoms with Gasteiger partial charge in [-0.05, 0) is 0 Å². The second-order valence-corrected chi connectivity index (χ2v) is 2.70. The van der Waals surface area contributed by atoms with E-state index >= 15 is 0 Å². The Kier molecular flexibility index (Phi) is 2.82. The van der Waals surface area contributed by atoms with Crippen LogP contribution in [0.2, 0.25) is 0 Å². The maximum atomic E-state index is 9.98.